The highest BCUT2D eigenvalue weighted by molar-refractivity contribution is 7.87. The van der Waals surface area contributed by atoms with E-state index in [1.54, 1.807) is 0 Å². The number of hydrogen-bond acceptors (Lipinski definition) is 3. The van der Waals surface area contributed by atoms with Crippen LogP contribution in [0.2, 0.25) is 0 Å². The average molecular weight is 235 g/mol. The van der Waals surface area contributed by atoms with Crippen LogP contribution in [0.1, 0.15) is 32.6 Å². The minimum Gasteiger partial charge on any atom is -0.328 e. The second kappa shape index (κ2) is 5.79. The fourth-order valence-corrected chi connectivity index (χ4v) is 2.89. The summed E-state index contributed by atoms with van der Waals surface area (Å²) in [5, 5.41) is 0. The first-order valence-electron chi connectivity index (χ1n) is 5.56. The van der Waals surface area contributed by atoms with Gasteiger partial charge in [-0.05, 0) is 25.7 Å². The van der Waals surface area contributed by atoms with Gasteiger partial charge in [0.2, 0.25) is 0 Å². The van der Waals surface area contributed by atoms with Gasteiger partial charge in [-0.15, -0.1) is 0 Å². The smallest absolute Gasteiger partial charge is 0.279 e. The van der Waals surface area contributed by atoms with Gasteiger partial charge in [0.15, 0.2) is 0 Å². The van der Waals surface area contributed by atoms with E-state index in [1.807, 2.05) is 6.92 Å². The van der Waals surface area contributed by atoms with E-state index in [4.69, 9.17) is 5.73 Å². The summed E-state index contributed by atoms with van der Waals surface area (Å²) in [4.78, 5) is 0. The van der Waals surface area contributed by atoms with Gasteiger partial charge in [0, 0.05) is 25.7 Å². The molecule has 1 aliphatic heterocycles. The molecule has 1 saturated heterocycles. The van der Waals surface area contributed by atoms with Gasteiger partial charge >= 0.3 is 0 Å². The second-order valence-electron chi connectivity index (χ2n) is 3.96. The molecule has 15 heavy (non-hydrogen) atoms. The van der Waals surface area contributed by atoms with E-state index in [-0.39, 0.29) is 6.04 Å². The van der Waals surface area contributed by atoms with Gasteiger partial charge < -0.3 is 5.73 Å². The lowest BCUT2D eigenvalue weighted by molar-refractivity contribution is 0.461. The maximum absolute atomic E-state index is 11.7. The normalized spacial score (nSPS) is 20.7. The Morgan fingerprint density at radius 2 is 2.00 bits per heavy atom. The van der Waals surface area contributed by atoms with Crippen molar-refractivity contribution >= 4 is 10.2 Å². The predicted octanol–water partition coefficient (Wildman–Crippen LogP) is 0.0440. The molecule has 5 nitrogen and oxygen atoms in total. The Morgan fingerprint density at radius 3 is 2.53 bits per heavy atom. The molecule has 90 valence electrons. The van der Waals surface area contributed by atoms with Gasteiger partial charge in [0.1, 0.15) is 0 Å². The minimum absolute atomic E-state index is 0.0891. The van der Waals surface area contributed by atoms with Crippen LogP contribution in [-0.2, 0) is 10.2 Å². The Kier molecular flexibility index (Phi) is 4.98. The van der Waals surface area contributed by atoms with Gasteiger partial charge in [-0.3, -0.25) is 0 Å². The van der Waals surface area contributed by atoms with Crippen LogP contribution < -0.4 is 10.5 Å². The summed E-state index contributed by atoms with van der Waals surface area (Å²) in [5.41, 5.74) is 5.71. The van der Waals surface area contributed by atoms with Crippen molar-refractivity contribution in [3.63, 3.8) is 0 Å². The van der Waals surface area contributed by atoms with Gasteiger partial charge in [-0.25, -0.2) is 4.72 Å². The summed E-state index contributed by atoms with van der Waals surface area (Å²) in [6, 6.07) is 0.0891. The van der Waals surface area contributed by atoms with E-state index in [0.717, 1.165) is 19.3 Å². The van der Waals surface area contributed by atoms with Crippen LogP contribution in [0.15, 0.2) is 0 Å². The highest BCUT2D eigenvalue weighted by Gasteiger charge is 2.24. The zero-order valence-corrected chi connectivity index (χ0v) is 10.1. The summed E-state index contributed by atoms with van der Waals surface area (Å²) in [6.07, 6.45) is 3.51. The largest absolute Gasteiger partial charge is 0.328 e. The molecule has 1 atom stereocenters. The van der Waals surface area contributed by atoms with E-state index in [9.17, 15) is 8.42 Å². The lowest BCUT2D eigenvalue weighted by Crippen LogP contribution is -2.40. The molecule has 0 spiro atoms. The third-order valence-electron chi connectivity index (χ3n) is 2.73. The van der Waals surface area contributed by atoms with Gasteiger partial charge in [-0.1, -0.05) is 6.92 Å². The molecule has 1 rings (SSSR count). The molecule has 1 unspecified atom stereocenters. The summed E-state index contributed by atoms with van der Waals surface area (Å²) in [6.45, 7) is 3.73. The summed E-state index contributed by atoms with van der Waals surface area (Å²) >= 11 is 0. The molecule has 0 radical (unpaired) electrons. The SMILES string of the molecule is CCC(N)CCNS(=O)(=O)N1CCCC1. The topological polar surface area (TPSA) is 75.4 Å². The second-order valence-corrected chi connectivity index (χ2v) is 5.72. The van der Waals surface area contributed by atoms with Crippen molar-refractivity contribution in [3.8, 4) is 0 Å². The van der Waals surface area contributed by atoms with Crippen LogP contribution in [0.5, 0.6) is 0 Å². The van der Waals surface area contributed by atoms with Crippen molar-refractivity contribution in [2.24, 2.45) is 5.73 Å². The van der Waals surface area contributed by atoms with Crippen molar-refractivity contribution < 1.29 is 8.42 Å². The van der Waals surface area contributed by atoms with Crippen LogP contribution in [0.25, 0.3) is 0 Å². The number of rotatable bonds is 6. The van der Waals surface area contributed by atoms with Crippen molar-refractivity contribution in [1.29, 1.82) is 0 Å². The minimum atomic E-state index is -3.24. The predicted molar refractivity (Wildman–Crippen MR) is 60.6 cm³/mol. The lowest BCUT2D eigenvalue weighted by atomic mass is 10.2. The molecule has 0 aromatic rings. The van der Waals surface area contributed by atoms with Crippen molar-refractivity contribution in [3.05, 3.63) is 0 Å². The van der Waals surface area contributed by atoms with E-state index < -0.39 is 10.2 Å². The van der Waals surface area contributed by atoms with Gasteiger partial charge in [0.25, 0.3) is 10.2 Å². The van der Waals surface area contributed by atoms with Crippen LogP contribution in [0.3, 0.4) is 0 Å². The third-order valence-corrected chi connectivity index (χ3v) is 4.34. The van der Waals surface area contributed by atoms with Gasteiger partial charge in [-0.2, -0.15) is 12.7 Å². The molecule has 0 bridgehead atoms. The molecular weight excluding hydrogens is 214 g/mol. The summed E-state index contributed by atoms with van der Waals surface area (Å²) < 4.78 is 27.4. The van der Waals surface area contributed by atoms with Crippen LogP contribution in [-0.4, -0.2) is 38.4 Å². The quantitative estimate of drug-likeness (QED) is 0.683. The first-order valence-corrected chi connectivity index (χ1v) is 7.00. The molecule has 1 fully saturated rings. The third kappa shape index (κ3) is 4.06. The number of hydrogen-bond donors (Lipinski definition) is 2. The molecule has 0 aromatic carbocycles. The van der Waals surface area contributed by atoms with Crippen molar-refractivity contribution in [2.75, 3.05) is 19.6 Å². The molecule has 0 amide bonds. The van der Waals surface area contributed by atoms with Crippen LogP contribution in [0, 0.1) is 0 Å². The van der Waals surface area contributed by atoms with Gasteiger partial charge in [0.05, 0.1) is 0 Å². The maximum atomic E-state index is 11.7. The van der Waals surface area contributed by atoms with Crippen LogP contribution >= 0.6 is 0 Å². The first kappa shape index (κ1) is 12.9. The Morgan fingerprint density at radius 1 is 1.40 bits per heavy atom. The highest BCUT2D eigenvalue weighted by atomic mass is 32.2. The molecule has 1 heterocycles. The average Bonchev–Trinajstić information content (AvgIpc) is 2.70. The highest BCUT2D eigenvalue weighted by Crippen LogP contribution is 2.10. The van der Waals surface area contributed by atoms with Crippen molar-refractivity contribution in [1.82, 2.24) is 9.03 Å². The van der Waals surface area contributed by atoms with E-state index in [2.05, 4.69) is 4.72 Å². The molecule has 6 heteroatoms. The monoisotopic (exact) mass is 235 g/mol. The molecule has 0 aliphatic carbocycles. The fourth-order valence-electron chi connectivity index (χ4n) is 1.60. The zero-order valence-electron chi connectivity index (χ0n) is 9.28. The molecule has 3 N–H and O–H groups in total. The fraction of sp³-hybridized carbons (Fsp3) is 1.00. The van der Waals surface area contributed by atoms with Crippen LogP contribution in [0.4, 0.5) is 0 Å². The number of nitrogens with one attached hydrogen (secondary N) is 1. The Labute approximate surface area is 92.2 Å². The molecule has 1 aliphatic rings. The standard InChI is InChI=1S/C9H21N3O2S/c1-2-9(10)5-6-11-15(13,14)12-7-3-4-8-12/h9,11H,2-8,10H2,1H3. The molecule has 0 saturated carbocycles. The summed E-state index contributed by atoms with van der Waals surface area (Å²) in [5.74, 6) is 0. The Bertz CT molecular complexity index is 273. The maximum Gasteiger partial charge on any atom is 0.279 e. The zero-order chi connectivity index (χ0) is 11.3. The molecular formula is C9H21N3O2S. The first-order chi connectivity index (χ1) is 7.06. The van der Waals surface area contributed by atoms with E-state index in [0.29, 0.717) is 26.1 Å². The number of nitrogens with two attached hydrogens (primary N) is 1. The van der Waals surface area contributed by atoms with Crippen molar-refractivity contribution in [2.45, 2.75) is 38.6 Å². The Balaban J connectivity index is 2.30. The number of nitrogens with zero attached hydrogens (tertiary/aromatic N) is 1. The van der Waals surface area contributed by atoms with E-state index in [1.165, 1.54) is 4.31 Å². The lowest BCUT2D eigenvalue weighted by Gasteiger charge is -2.16. The molecule has 0 aromatic heterocycles. The van der Waals surface area contributed by atoms with E-state index >= 15 is 0 Å². The summed E-state index contributed by atoms with van der Waals surface area (Å²) in [7, 11) is -3.24. The Hall–Kier alpha value is -0.170.